The molecule has 0 bridgehead atoms. The third-order valence-electron chi connectivity index (χ3n) is 5.58. The first kappa shape index (κ1) is 18.4. The predicted molar refractivity (Wildman–Crippen MR) is 114 cm³/mol. The van der Waals surface area contributed by atoms with Crippen LogP contribution in [-0.4, -0.2) is 38.7 Å². The average Bonchev–Trinajstić information content (AvgIpc) is 3.30. The Labute approximate surface area is 175 Å². The molecule has 29 heavy (non-hydrogen) atoms. The zero-order valence-electron chi connectivity index (χ0n) is 16.3. The van der Waals surface area contributed by atoms with E-state index >= 15 is 0 Å². The van der Waals surface area contributed by atoms with Crippen molar-refractivity contribution < 1.29 is 4.79 Å². The van der Waals surface area contributed by atoms with Crippen LogP contribution in [-0.2, 0) is 4.79 Å². The number of rotatable bonds is 6. The number of aromatic nitrogens is 3. The van der Waals surface area contributed by atoms with E-state index in [4.69, 9.17) is 0 Å². The van der Waals surface area contributed by atoms with Crippen LogP contribution < -0.4 is 0 Å². The molecule has 2 heterocycles. The first-order chi connectivity index (χ1) is 14.3. The highest BCUT2D eigenvalue weighted by atomic mass is 32.2. The molecule has 2 aliphatic rings. The molecule has 148 valence electrons. The van der Waals surface area contributed by atoms with Gasteiger partial charge in [-0.2, -0.15) is 0 Å². The number of thioether (sulfide) groups is 1. The minimum Gasteiger partial charge on any atom is -0.341 e. The molecule has 0 spiro atoms. The van der Waals surface area contributed by atoms with E-state index in [0.29, 0.717) is 5.92 Å². The van der Waals surface area contributed by atoms with Crippen molar-refractivity contribution in [3.63, 3.8) is 0 Å². The lowest BCUT2D eigenvalue weighted by Crippen LogP contribution is -2.31. The van der Waals surface area contributed by atoms with Crippen LogP contribution in [0.2, 0.25) is 0 Å². The van der Waals surface area contributed by atoms with E-state index in [-0.39, 0.29) is 11.2 Å². The molecule has 1 aliphatic heterocycles. The Morgan fingerprint density at radius 1 is 0.931 bits per heavy atom. The molecule has 0 N–H and O–H groups in total. The molecule has 5 rings (SSSR count). The number of nitrogens with zero attached hydrogens (tertiary/aromatic N) is 4. The summed E-state index contributed by atoms with van der Waals surface area (Å²) in [6, 6.07) is 20.3. The third kappa shape index (κ3) is 3.81. The van der Waals surface area contributed by atoms with Crippen LogP contribution in [0.1, 0.15) is 48.2 Å². The van der Waals surface area contributed by atoms with Gasteiger partial charge in [0.2, 0.25) is 5.91 Å². The Morgan fingerprint density at radius 2 is 1.59 bits per heavy atom. The van der Waals surface area contributed by atoms with Gasteiger partial charge in [0.25, 0.3) is 0 Å². The minimum absolute atomic E-state index is 0.175. The molecule has 2 fully saturated rings. The van der Waals surface area contributed by atoms with Crippen molar-refractivity contribution in [1.29, 1.82) is 0 Å². The molecule has 6 heteroatoms. The van der Waals surface area contributed by atoms with Crippen molar-refractivity contribution in [1.82, 2.24) is 19.7 Å². The molecule has 0 radical (unpaired) electrons. The lowest BCUT2D eigenvalue weighted by molar-refractivity contribution is -0.129. The second-order valence-electron chi connectivity index (χ2n) is 7.73. The highest BCUT2D eigenvalue weighted by Gasteiger charge is 2.34. The van der Waals surface area contributed by atoms with Crippen LogP contribution in [0, 0.1) is 0 Å². The number of amides is 1. The van der Waals surface area contributed by atoms with Gasteiger partial charge in [0.15, 0.2) is 5.16 Å². The van der Waals surface area contributed by atoms with Gasteiger partial charge in [0, 0.05) is 24.7 Å². The number of hydrogen-bond donors (Lipinski definition) is 0. The van der Waals surface area contributed by atoms with Crippen molar-refractivity contribution in [2.24, 2.45) is 0 Å². The predicted octanol–water partition coefficient (Wildman–Crippen LogP) is 4.60. The summed E-state index contributed by atoms with van der Waals surface area (Å²) in [5, 5.41) is 9.54. The van der Waals surface area contributed by atoms with Gasteiger partial charge in [0.05, 0.1) is 0 Å². The first-order valence-electron chi connectivity index (χ1n) is 10.3. The largest absolute Gasteiger partial charge is 0.341 e. The molecule has 1 saturated carbocycles. The monoisotopic (exact) mass is 404 g/mol. The van der Waals surface area contributed by atoms with Crippen LogP contribution in [0.15, 0.2) is 65.8 Å². The van der Waals surface area contributed by atoms with Crippen LogP contribution in [0.3, 0.4) is 0 Å². The summed E-state index contributed by atoms with van der Waals surface area (Å²) in [6.45, 7) is 1.70. The molecule has 2 aromatic carbocycles. The van der Waals surface area contributed by atoms with E-state index in [1.165, 1.54) is 11.8 Å². The molecule has 1 atom stereocenters. The van der Waals surface area contributed by atoms with Crippen molar-refractivity contribution in [2.75, 3.05) is 13.1 Å². The maximum Gasteiger partial charge on any atom is 0.240 e. The molecule has 3 aromatic rings. The van der Waals surface area contributed by atoms with E-state index in [0.717, 1.165) is 61.0 Å². The fourth-order valence-corrected chi connectivity index (χ4v) is 5.03. The number of carbonyl (C=O) groups is 1. The van der Waals surface area contributed by atoms with Crippen molar-refractivity contribution in [3.8, 4) is 5.69 Å². The second kappa shape index (κ2) is 8.03. The summed E-state index contributed by atoms with van der Waals surface area (Å²) >= 11 is 1.52. The number of carbonyl (C=O) groups excluding carboxylic acids is 1. The molecule has 1 amide bonds. The first-order valence-corrected chi connectivity index (χ1v) is 11.2. The Morgan fingerprint density at radius 3 is 2.24 bits per heavy atom. The normalized spacial score (nSPS) is 17.4. The SMILES string of the molecule is O=C(C(Sc1nnc(C2CC2)n1-c1ccccc1)c1ccccc1)N1CCCC1. The van der Waals surface area contributed by atoms with E-state index in [9.17, 15) is 4.79 Å². The quantitative estimate of drug-likeness (QED) is 0.564. The molecule has 1 saturated heterocycles. The van der Waals surface area contributed by atoms with Crippen LogP contribution in [0.5, 0.6) is 0 Å². The van der Waals surface area contributed by atoms with E-state index in [1.54, 1.807) is 0 Å². The topological polar surface area (TPSA) is 51.0 Å². The molecule has 1 aliphatic carbocycles. The number of benzene rings is 2. The highest BCUT2D eigenvalue weighted by Crippen LogP contribution is 2.43. The molecule has 1 aromatic heterocycles. The molecular formula is C23H24N4OS. The van der Waals surface area contributed by atoms with Crippen molar-refractivity contribution in [2.45, 2.75) is 42.0 Å². The van der Waals surface area contributed by atoms with Gasteiger partial charge in [0.1, 0.15) is 11.1 Å². The van der Waals surface area contributed by atoms with Gasteiger partial charge in [-0.15, -0.1) is 10.2 Å². The summed E-state index contributed by atoms with van der Waals surface area (Å²) in [7, 11) is 0. The Kier molecular flexibility index (Phi) is 5.10. The standard InChI is InChI=1S/C23H24N4OS/c28-22(26-15-7-8-16-26)20(17-9-3-1-4-10-17)29-23-25-24-21(18-13-14-18)27(23)19-11-5-2-6-12-19/h1-6,9-12,18,20H,7-8,13-16H2. The summed E-state index contributed by atoms with van der Waals surface area (Å²) < 4.78 is 2.15. The summed E-state index contributed by atoms with van der Waals surface area (Å²) in [6.07, 6.45) is 4.49. The zero-order valence-corrected chi connectivity index (χ0v) is 17.1. The van der Waals surface area contributed by atoms with Gasteiger partial charge >= 0.3 is 0 Å². The molecular weight excluding hydrogens is 380 g/mol. The summed E-state index contributed by atoms with van der Waals surface area (Å²) in [5.74, 6) is 1.66. The van der Waals surface area contributed by atoms with Gasteiger partial charge in [-0.3, -0.25) is 9.36 Å². The second-order valence-corrected chi connectivity index (χ2v) is 8.80. The Bertz CT molecular complexity index is 979. The van der Waals surface area contributed by atoms with Gasteiger partial charge in [-0.05, 0) is 43.4 Å². The fraction of sp³-hybridized carbons (Fsp3) is 0.348. The van der Waals surface area contributed by atoms with E-state index in [1.807, 2.05) is 53.4 Å². The minimum atomic E-state index is -0.312. The Hall–Kier alpha value is -2.60. The maximum atomic E-state index is 13.4. The summed E-state index contributed by atoms with van der Waals surface area (Å²) in [4.78, 5) is 15.4. The smallest absolute Gasteiger partial charge is 0.240 e. The third-order valence-corrected chi connectivity index (χ3v) is 6.77. The average molecular weight is 405 g/mol. The van der Waals surface area contributed by atoms with Crippen LogP contribution in [0.4, 0.5) is 0 Å². The maximum absolute atomic E-state index is 13.4. The number of hydrogen-bond acceptors (Lipinski definition) is 4. The van der Waals surface area contributed by atoms with Crippen LogP contribution in [0.25, 0.3) is 5.69 Å². The zero-order chi connectivity index (χ0) is 19.6. The van der Waals surface area contributed by atoms with Crippen molar-refractivity contribution in [3.05, 3.63) is 72.1 Å². The molecule has 5 nitrogen and oxygen atoms in total. The fourth-order valence-electron chi connectivity index (χ4n) is 3.88. The van der Waals surface area contributed by atoms with Gasteiger partial charge < -0.3 is 4.90 Å². The van der Waals surface area contributed by atoms with Gasteiger partial charge in [-0.25, -0.2) is 0 Å². The highest BCUT2D eigenvalue weighted by molar-refractivity contribution is 8.00. The number of para-hydroxylation sites is 1. The van der Waals surface area contributed by atoms with Crippen molar-refractivity contribution >= 4 is 17.7 Å². The lowest BCUT2D eigenvalue weighted by Gasteiger charge is -2.23. The Balaban J connectivity index is 1.53. The lowest BCUT2D eigenvalue weighted by atomic mass is 10.1. The van der Waals surface area contributed by atoms with E-state index in [2.05, 4.69) is 26.9 Å². The van der Waals surface area contributed by atoms with Gasteiger partial charge in [-0.1, -0.05) is 60.3 Å². The molecule has 1 unspecified atom stereocenters. The van der Waals surface area contributed by atoms with E-state index < -0.39 is 0 Å². The van der Waals surface area contributed by atoms with Crippen LogP contribution >= 0.6 is 11.8 Å². The summed E-state index contributed by atoms with van der Waals surface area (Å²) in [5.41, 5.74) is 2.08. The number of likely N-dealkylation sites (tertiary alicyclic amines) is 1.